The summed E-state index contributed by atoms with van der Waals surface area (Å²) in [6.45, 7) is 0.544. The third kappa shape index (κ3) is 3.37. The second-order valence-electron chi connectivity index (χ2n) is 6.00. The fourth-order valence-electron chi connectivity index (χ4n) is 2.93. The predicted molar refractivity (Wildman–Crippen MR) is 89.9 cm³/mol. The Kier molecular flexibility index (Phi) is 4.09. The van der Waals surface area contributed by atoms with Gasteiger partial charge in [0.15, 0.2) is 11.5 Å². The van der Waals surface area contributed by atoms with Gasteiger partial charge >= 0.3 is 6.18 Å². The van der Waals surface area contributed by atoms with Crippen molar-refractivity contribution in [1.29, 1.82) is 0 Å². The monoisotopic (exact) mass is 374 g/mol. The lowest BCUT2D eigenvalue weighted by Gasteiger charge is -2.29. The van der Waals surface area contributed by atoms with Gasteiger partial charge in [-0.3, -0.25) is 9.78 Å². The van der Waals surface area contributed by atoms with Crippen LogP contribution in [0.1, 0.15) is 17.0 Å². The zero-order valence-electron chi connectivity index (χ0n) is 13.9. The number of anilines is 1. The topological polar surface area (TPSA) is 87.7 Å². The van der Waals surface area contributed by atoms with Gasteiger partial charge in [-0.15, -0.1) is 0 Å². The maximum atomic E-state index is 13.3. The summed E-state index contributed by atoms with van der Waals surface area (Å²) in [5.74, 6) is 0.0708. The van der Waals surface area contributed by atoms with E-state index in [9.17, 15) is 18.0 Å². The fraction of sp³-hybridized carbons (Fsp3) is 0.235. The Balaban J connectivity index is 1.77. The van der Waals surface area contributed by atoms with Crippen LogP contribution in [0, 0.1) is 0 Å². The van der Waals surface area contributed by atoms with Crippen LogP contribution in [0.15, 0.2) is 41.7 Å². The maximum Gasteiger partial charge on any atom is 0.433 e. The van der Waals surface area contributed by atoms with E-state index in [0.717, 1.165) is 6.07 Å². The second-order valence-corrected chi connectivity index (χ2v) is 6.00. The Labute approximate surface area is 151 Å². The van der Waals surface area contributed by atoms with Crippen molar-refractivity contribution in [1.82, 2.24) is 24.9 Å². The Hall–Kier alpha value is -3.30. The largest absolute Gasteiger partial charge is 0.433 e. The molecular formula is C17H13F3N6O. The molecule has 0 aliphatic carbocycles. The SMILES string of the molecule is O=c1[nH]cnc2c1CCN(c1cc(C(F)(F)F)nc(-c3cccnc3)n1)C2. The van der Waals surface area contributed by atoms with Gasteiger partial charge < -0.3 is 9.88 Å². The van der Waals surface area contributed by atoms with Gasteiger partial charge in [0.1, 0.15) is 5.82 Å². The first-order valence-corrected chi connectivity index (χ1v) is 8.09. The molecule has 0 saturated carbocycles. The first-order chi connectivity index (χ1) is 12.9. The Morgan fingerprint density at radius 2 is 2.07 bits per heavy atom. The van der Waals surface area contributed by atoms with Gasteiger partial charge in [0, 0.05) is 36.1 Å². The zero-order valence-corrected chi connectivity index (χ0v) is 13.9. The highest BCUT2D eigenvalue weighted by atomic mass is 19.4. The van der Waals surface area contributed by atoms with Gasteiger partial charge in [-0.05, 0) is 18.6 Å². The number of fused-ring (bicyclic) bond motifs is 1. The second kappa shape index (κ2) is 6.45. The molecule has 27 heavy (non-hydrogen) atoms. The fourth-order valence-corrected chi connectivity index (χ4v) is 2.93. The lowest BCUT2D eigenvalue weighted by molar-refractivity contribution is -0.141. The van der Waals surface area contributed by atoms with E-state index in [-0.39, 0.29) is 23.7 Å². The summed E-state index contributed by atoms with van der Waals surface area (Å²) in [7, 11) is 0. The van der Waals surface area contributed by atoms with Crippen LogP contribution in [-0.2, 0) is 19.1 Å². The third-order valence-electron chi connectivity index (χ3n) is 4.26. The highest BCUT2D eigenvalue weighted by Crippen LogP contribution is 2.32. The van der Waals surface area contributed by atoms with Gasteiger partial charge in [-0.25, -0.2) is 15.0 Å². The number of halogens is 3. The van der Waals surface area contributed by atoms with Crippen LogP contribution >= 0.6 is 0 Å². The van der Waals surface area contributed by atoms with E-state index in [0.29, 0.717) is 29.8 Å². The average Bonchev–Trinajstić information content (AvgIpc) is 2.67. The minimum atomic E-state index is -4.61. The lowest BCUT2D eigenvalue weighted by Crippen LogP contribution is -2.35. The molecule has 0 atom stereocenters. The first kappa shape index (κ1) is 17.1. The minimum Gasteiger partial charge on any atom is -0.350 e. The van der Waals surface area contributed by atoms with Crippen molar-refractivity contribution >= 4 is 5.82 Å². The molecule has 1 N–H and O–H groups in total. The van der Waals surface area contributed by atoms with Crippen molar-refractivity contribution in [2.75, 3.05) is 11.4 Å². The summed E-state index contributed by atoms with van der Waals surface area (Å²) in [6.07, 6.45) is -0.0364. The third-order valence-corrected chi connectivity index (χ3v) is 4.26. The summed E-state index contributed by atoms with van der Waals surface area (Å²) in [6, 6.07) is 4.11. The molecule has 1 aliphatic rings. The number of aromatic amines is 1. The summed E-state index contributed by atoms with van der Waals surface area (Å²) < 4.78 is 40.0. The molecule has 4 heterocycles. The molecule has 1 aliphatic heterocycles. The Morgan fingerprint density at radius 1 is 1.22 bits per heavy atom. The van der Waals surface area contributed by atoms with E-state index in [1.165, 1.54) is 18.7 Å². The molecule has 0 unspecified atom stereocenters. The van der Waals surface area contributed by atoms with E-state index < -0.39 is 11.9 Å². The minimum absolute atomic E-state index is 0.0578. The molecule has 138 valence electrons. The molecule has 0 spiro atoms. The van der Waals surface area contributed by atoms with Crippen molar-refractivity contribution in [3.8, 4) is 11.4 Å². The van der Waals surface area contributed by atoms with Gasteiger partial charge in [-0.1, -0.05) is 0 Å². The summed E-state index contributed by atoms with van der Waals surface area (Å²) in [4.78, 5) is 32.0. The number of nitrogens with one attached hydrogen (secondary N) is 1. The number of hydrogen-bond acceptors (Lipinski definition) is 6. The smallest absolute Gasteiger partial charge is 0.350 e. The number of H-pyrrole nitrogens is 1. The summed E-state index contributed by atoms with van der Waals surface area (Å²) in [5.41, 5.74) is 0.202. The van der Waals surface area contributed by atoms with Gasteiger partial charge in [0.2, 0.25) is 0 Å². The number of aromatic nitrogens is 5. The first-order valence-electron chi connectivity index (χ1n) is 8.09. The predicted octanol–water partition coefficient (Wildman–Crippen LogP) is 2.20. The van der Waals surface area contributed by atoms with Crippen LogP contribution in [0.2, 0.25) is 0 Å². The van der Waals surface area contributed by atoms with E-state index in [1.807, 2.05) is 0 Å². The highest BCUT2D eigenvalue weighted by molar-refractivity contribution is 5.57. The Bertz CT molecular complexity index is 1030. The summed E-state index contributed by atoms with van der Waals surface area (Å²) >= 11 is 0. The Morgan fingerprint density at radius 3 is 2.81 bits per heavy atom. The van der Waals surface area contributed by atoms with Gasteiger partial charge in [-0.2, -0.15) is 13.2 Å². The molecule has 3 aromatic rings. The molecule has 3 aromatic heterocycles. The zero-order chi connectivity index (χ0) is 19.0. The van der Waals surface area contributed by atoms with Crippen molar-refractivity contribution in [2.24, 2.45) is 0 Å². The van der Waals surface area contributed by atoms with Crippen LogP contribution < -0.4 is 10.5 Å². The average molecular weight is 374 g/mol. The van der Waals surface area contributed by atoms with Crippen molar-refractivity contribution < 1.29 is 13.2 Å². The molecule has 0 amide bonds. The van der Waals surface area contributed by atoms with Gasteiger partial charge in [0.05, 0.1) is 18.6 Å². The normalized spacial score (nSPS) is 14.1. The molecule has 0 aromatic carbocycles. The van der Waals surface area contributed by atoms with E-state index in [2.05, 4.69) is 24.9 Å². The van der Waals surface area contributed by atoms with Gasteiger partial charge in [0.25, 0.3) is 5.56 Å². The molecule has 7 nitrogen and oxygen atoms in total. The molecule has 4 rings (SSSR count). The van der Waals surface area contributed by atoms with Crippen LogP contribution in [0.5, 0.6) is 0 Å². The van der Waals surface area contributed by atoms with Crippen LogP contribution in [0.4, 0.5) is 19.0 Å². The van der Waals surface area contributed by atoms with E-state index >= 15 is 0 Å². The standard InChI is InChI=1S/C17H13F3N6O/c18-17(19,20)13-6-14(25-15(24-13)10-2-1-4-21-7-10)26-5-3-11-12(8-26)22-9-23-16(11)27/h1-2,4,6-7,9H,3,5,8H2,(H,22,23,27). The molecule has 0 bridgehead atoms. The molecule has 10 heteroatoms. The number of alkyl halides is 3. The molecule has 0 saturated heterocycles. The van der Waals surface area contributed by atoms with Crippen molar-refractivity contribution in [2.45, 2.75) is 19.1 Å². The number of hydrogen-bond donors (Lipinski definition) is 1. The lowest BCUT2D eigenvalue weighted by atomic mass is 10.1. The number of rotatable bonds is 2. The molecular weight excluding hydrogens is 361 g/mol. The highest BCUT2D eigenvalue weighted by Gasteiger charge is 2.35. The van der Waals surface area contributed by atoms with Crippen molar-refractivity contribution in [3.63, 3.8) is 0 Å². The quantitative estimate of drug-likeness (QED) is 0.740. The maximum absolute atomic E-state index is 13.3. The van der Waals surface area contributed by atoms with E-state index in [1.54, 1.807) is 17.0 Å². The summed E-state index contributed by atoms with van der Waals surface area (Å²) in [5, 5.41) is 0. The van der Waals surface area contributed by atoms with Crippen molar-refractivity contribution in [3.05, 3.63) is 64.2 Å². The van der Waals surface area contributed by atoms with Crippen LogP contribution in [0.3, 0.4) is 0 Å². The van der Waals surface area contributed by atoms with Crippen LogP contribution in [0.25, 0.3) is 11.4 Å². The molecule has 0 fully saturated rings. The van der Waals surface area contributed by atoms with Crippen LogP contribution in [-0.4, -0.2) is 31.5 Å². The molecule has 0 radical (unpaired) electrons. The van der Waals surface area contributed by atoms with E-state index in [4.69, 9.17) is 0 Å². The number of nitrogens with zero attached hydrogens (tertiary/aromatic N) is 5. The number of pyridine rings is 1.